The number of thiophene rings is 1. The fourth-order valence-electron chi connectivity index (χ4n) is 2.38. The van der Waals surface area contributed by atoms with E-state index in [4.69, 9.17) is 0 Å². The lowest BCUT2D eigenvalue weighted by molar-refractivity contribution is 0.246. The third kappa shape index (κ3) is 2.86. The Hall–Kier alpha value is -1.24. The van der Waals surface area contributed by atoms with Crippen molar-refractivity contribution in [2.75, 3.05) is 51.2 Å². The molecule has 0 atom stereocenters. The number of rotatable bonds is 4. The van der Waals surface area contributed by atoms with Gasteiger partial charge in [-0.3, -0.25) is 4.90 Å². The van der Waals surface area contributed by atoms with Gasteiger partial charge in [-0.1, -0.05) is 0 Å². The molecule has 1 aliphatic heterocycles. The molecule has 6 heteroatoms. The number of nitrogens with zero attached hydrogens (tertiary/aromatic N) is 4. The summed E-state index contributed by atoms with van der Waals surface area (Å²) >= 11 is 1.71. The number of fused-ring (bicyclic) bond motifs is 1. The molecule has 5 nitrogen and oxygen atoms in total. The molecule has 0 amide bonds. The Bertz CT molecular complexity index is 535. The van der Waals surface area contributed by atoms with Crippen LogP contribution in [0.5, 0.6) is 0 Å². The van der Waals surface area contributed by atoms with Gasteiger partial charge >= 0.3 is 0 Å². The smallest absolute Gasteiger partial charge is 0.149 e. The lowest BCUT2D eigenvalue weighted by Gasteiger charge is -2.29. The van der Waals surface area contributed by atoms with Gasteiger partial charge in [-0.15, -0.1) is 11.3 Å². The highest BCUT2D eigenvalue weighted by Crippen LogP contribution is 2.26. The van der Waals surface area contributed by atoms with E-state index in [1.807, 2.05) is 0 Å². The summed E-state index contributed by atoms with van der Waals surface area (Å²) in [6, 6.07) is 2.05. The van der Waals surface area contributed by atoms with Crippen molar-refractivity contribution in [1.29, 1.82) is 0 Å². The largest absolute Gasteiger partial charge is 0.357 e. The maximum absolute atomic E-state index is 4.44. The van der Waals surface area contributed by atoms with Crippen LogP contribution in [0.15, 0.2) is 17.8 Å². The first kappa shape index (κ1) is 12.8. The van der Waals surface area contributed by atoms with Crippen LogP contribution in [0.25, 0.3) is 10.2 Å². The first-order chi connectivity index (χ1) is 9.34. The van der Waals surface area contributed by atoms with Gasteiger partial charge < -0.3 is 10.2 Å². The maximum Gasteiger partial charge on any atom is 0.149 e. The Morgan fingerprint density at radius 3 is 3.05 bits per heavy atom. The highest BCUT2D eigenvalue weighted by Gasteiger charge is 2.13. The molecule has 2 aromatic heterocycles. The van der Waals surface area contributed by atoms with Crippen LogP contribution in [0.2, 0.25) is 0 Å². The van der Waals surface area contributed by atoms with Gasteiger partial charge in [0.25, 0.3) is 0 Å². The summed E-state index contributed by atoms with van der Waals surface area (Å²) in [6.07, 6.45) is 1.66. The van der Waals surface area contributed by atoms with Crippen LogP contribution >= 0.6 is 11.3 Å². The predicted molar refractivity (Wildman–Crippen MR) is 80.0 cm³/mol. The first-order valence-electron chi connectivity index (χ1n) is 6.67. The molecule has 3 rings (SSSR count). The number of nitrogens with one attached hydrogen (secondary N) is 1. The molecule has 19 heavy (non-hydrogen) atoms. The van der Waals surface area contributed by atoms with Gasteiger partial charge in [-0.2, -0.15) is 0 Å². The van der Waals surface area contributed by atoms with Gasteiger partial charge in [-0.05, 0) is 11.4 Å². The topological polar surface area (TPSA) is 44.3 Å². The molecule has 0 spiro atoms. The van der Waals surface area contributed by atoms with Crippen molar-refractivity contribution in [3.8, 4) is 0 Å². The Morgan fingerprint density at radius 2 is 2.21 bits per heavy atom. The van der Waals surface area contributed by atoms with Crippen molar-refractivity contribution < 1.29 is 0 Å². The summed E-state index contributed by atoms with van der Waals surface area (Å²) in [5.74, 6) is 1.05. The quantitative estimate of drug-likeness (QED) is 0.904. The van der Waals surface area contributed by atoms with Crippen LogP contribution in [-0.2, 0) is 0 Å². The first-order valence-corrected chi connectivity index (χ1v) is 7.55. The zero-order valence-corrected chi connectivity index (χ0v) is 12.0. The molecule has 1 saturated heterocycles. The van der Waals surface area contributed by atoms with Crippen LogP contribution < -0.4 is 10.2 Å². The minimum absolute atomic E-state index is 1.00. The lowest BCUT2D eigenvalue weighted by atomic mass is 10.3. The van der Waals surface area contributed by atoms with Crippen molar-refractivity contribution in [3.63, 3.8) is 0 Å². The third-order valence-corrected chi connectivity index (χ3v) is 4.45. The van der Waals surface area contributed by atoms with E-state index < -0.39 is 0 Å². The zero-order valence-electron chi connectivity index (χ0n) is 11.2. The molecule has 3 heterocycles. The summed E-state index contributed by atoms with van der Waals surface area (Å²) in [5, 5.41) is 5.46. The molecule has 2 aromatic rings. The molecule has 1 aliphatic rings. The Labute approximate surface area is 117 Å². The minimum Gasteiger partial charge on any atom is -0.357 e. The van der Waals surface area contributed by atoms with Gasteiger partial charge in [0, 0.05) is 46.3 Å². The molecule has 0 unspecified atom stereocenters. The van der Waals surface area contributed by atoms with Crippen LogP contribution in [-0.4, -0.2) is 61.2 Å². The predicted octanol–water partition coefficient (Wildman–Crippen LogP) is 1.03. The van der Waals surface area contributed by atoms with Crippen molar-refractivity contribution in [2.45, 2.75) is 0 Å². The second-order valence-corrected chi connectivity index (χ2v) is 5.76. The van der Waals surface area contributed by atoms with E-state index in [0.717, 1.165) is 50.6 Å². The summed E-state index contributed by atoms with van der Waals surface area (Å²) in [6.45, 7) is 6.59. The van der Waals surface area contributed by atoms with Crippen LogP contribution in [0, 0.1) is 0 Å². The van der Waals surface area contributed by atoms with E-state index in [1.165, 1.54) is 4.70 Å². The average Bonchev–Trinajstić information content (AvgIpc) is 2.94. The molecule has 1 fully saturated rings. The fourth-order valence-corrected chi connectivity index (χ4v) is 3.27. The summed E-state index contributed by atoms with van der Waals surface area (Å²) in [7, 11) is 2.11. The molecule has 1 N–H and O–H groups in total. The highest BCUT2D eigenvalue weighted by atomic mass is 32.1. The molecule has 0 bridgehead atoms. The van der Waals surface area contributed by atoms with E-state index in [9.17, 15) is 0 Å². The molecule has 0 aliphatic carbocycles. The SMILES string of the molecule is CN(CCN1CCNCC1)c1ncnc2ccsc12. The highest BCUT2D eigenvalue weighted by molar-refractivity contribution is 7.17. The number of hydrogen-bond acceptors (Lipinski definition) is 6. The van der Waals surface area contributed by atoms with Crippen molar-refractivity contribution in [2.24, 2.45) is 0 Å². The number of likely N-dealkylation sites (N-methyl/N-ethyl adjacent to an activating group) is 1. The fraction of sp³-hybridized carbons (Fsp3) is 0.538. The number of piperazine rings is 1. The van der Waals surface area contributed by atoms with E-state index >= 15 is 0 Å². The Balaban J connectivity index is 1.66. The van der Waals surface area contributed by atoms with Crippen LogP contribution in [0.1, 0.15) is 0 Å². The average molecular weight is 277 g/mol. The van der Waals surface area contributed by atoms with Gasteiger partial charge in [0.2, 0.25) is 0 Å². The Kier molecular flexibility index (Phi) is 3.91. The standard InChI is InChI=1S/C13H19N5S/c1-17(7-8-18-5-3-14-4-6-18)13-12-11(2-9-19-12)15-10-16-13/h2,9-10,14H,3-8H2,1H3. The zero-order chi connectivity index (χ0) is 13.1. The second-order valence-electron chi connectivity index (χ2n) is 4.85. The van der Waals surface area contributed by atoms with Gasteiger partial charge in [0.15, 0.2) is 0 Å². The second kappa shape index (κ2) is 5.81. The molecule has 0 aromatic carbocycles. The molecule has 0 saturated carbocycles. The monoisotopic (exact) mass is 277 g/mol. The molecular formula is C13H19N5S. The van der Waals surface area contributed by atoms with Crippen LogP contribution in [0.3, 0.4) is 0 Å². The van der Waals surface area contributed by atoms with Crippen molar-refractivity contribution in [1.82, 2.24) is 20.2 Å². The summed E-state index contributed by atoms with van der Waals surface area (Å²) in [4.78, 5) is 13.5. The van der Waals surface area contributed by atoms with Crippen molar-refractivity contribution in [3.05, 3.63) is 17.8 Å². The third-order valence-electron chi connectivity index (χ3n) is 3.55. The van der Waals surface area contributed by atoms with E-state index in [1.54, 1.807) is 17.7 Å². The van der Waals surface area contributed by atoms with Crippen molar-refractivity contribution >= 4 is 27.4 Å². The molecule has 0 radical (unpaired) electrons. The summed E-state index contributed by atoms with van der Waals surface area (Å²) in [5.41, 5.74) is 1.05. The van der Waals surface area contributed by atoms with Gasteiger partial charge in [0.05, 0.1) is 10.2 Å². The normalized spacial score (nSPS) is 16.9. The van der Waals surface area contributed by atoms with Crippen LogP contribution in [0.4, 0.5) is 5.82 Å². The maximum atomic E-state index is 4.44. The molecule has 102 valence electrons. The number of anilines is 1. The summed E-state index contributed by atoms with van der Waals surface area (Å²) < 4.78 is 1.19. The van der Waals surface area contributed by atoms with E-state index in [2.05, 4.69) is 43.6 Å². The lowest BCUT2D eigenvalue weighted by Crippen LogP contribution is -2.46. The number of aromatic nitrogens is 2. The number of hydrogen-bond donors (Lipinski definition) is 1. The van der Waals surface area contributed by atoms with Gasteiger partial charge in [-0.25, -0.2) is 9.97 Å². The van der Waals surface area contributed by atoms with Gasteiger partial charge in [0.1, 0.15) is 12.1 Å². The minimum atomic E-state index is 1.00. The van der Waals surface area contributed by atoms with E-state index in [0.29, 0.717) is 0 Å². The Morgan fingerprint density at radius 1 is 1.37 bits per heavy atom. The molecular weight excluding hydrogens is 258 g/mol. The van der Waals surface area contributed by atoms with E-state index in [-0.39, 0.29) is 0 Å².